The Labute approximate surface area is 132 Å². The second-order valence-electron chi connectivity index (χ2n) is 4.17. The Morgan fingerprint density at radius 3 is 2.33 bits per heavy atom. The van der Waals surface area contributed by atoms with Crippen molar-refractivity contribution in [1.82, 2.24) is 10.0 Å². The first kappa shape index (κ1) is 20.1. The summed E-state index contributed by atoms with van der Waals surface area (Å²) in [7, 11) is -0.0145. The molecule has 122 valence electrons. The average molecular weight is 339 g/mol. The lowest BCUT2D eigenvalue weighted by molar-refractivity contribution is 0.146. The number of benzene rings is 1. The van der Waals surface area contributed by atoms with Gasteiger partial charge in [0.05, 0.1) is 11.5 Å². The van der Waals surface area contributed by atoms with E-state index in [0.717, 1.165) is 13.0 Å². The number of hydrogen-bond acceptors (Lipinski definition) is 5. The van der Waals surface area contributed by atoms with Crippen molar-refractivity contribution in [2.24, 2.45) is 0 Å². The molecule has 0 bridgehead atoms. The predicted octanol–water partition coefficient (Wildman–Crippen LogP) is 1.02. The van der Waals surface area contributed by atoms with Crippen LogP contribution in [0.2, 0.25) is 0 Å². The quantitative estimate of drug-likeness (QED) is 0.623. The molecule has 8 heteroatoms. The molecule has 1 rings (SSSR count). The molecule has 2 N–H and O–H groups in total. The number of methoxy groups -OCH3 is 1. The van der Waals surface area contributed by atoms with Crippen molar-refractivity contribution >= 4 is 22.4 Å². The van der Waals surface area contributed by atoms with Crippen molar-refractivity contribution in [3.05, 3.63) is 24.3 Å². The van der Waals surface area contributed by atoms with Crippen LogP contribution < -0.4 is 14.8 Å². The third kappa shape index (κ3) is 7.63. The fraction of sp³-hybridized carbons (Fsp3) is 0.538. The monoisotopic (exact) mass is 338 g/mol. The molecule has 0 radical (unpaired) electrons. The second kappa shape index (κ2) is 10.8. The fourth-order valence-corrected chi connectivity index (χ4v) is 2.59. The molecule has 21 heavy (non-hydrogen) atoms. The second-order valence-corrected chi connectivity index (χ2v) is 5.93. The number of rotatable bonds is 10. The van der Waals surface area contributed by atoms with Gasteiger partial charge in [0, 0.05) is 13.7 Å². The highest BCUT2D eigenvalue weighted by Gasteiger charge is 2.12. The summed E-state index contributed by atoms with van der Waals surface area (Å²) < 4.78 is 36.8. The first-order valence-electron chi connectivity index (χ1n) is 6.46. The van der Waals surface area contributed by atoms with Crippen LogP contribution in [0.4, 0.5) is 0 Å². The third-order valence-corrected chi connectivity index (χ3v) is 4.06. The minimum Gasteiger partial charge on any atom is -0.491 e. The SMILES string of the molecule is CNCCCNS(=O)(=O)c1ccc(OCCOC)cc1.Cl. The van der Waals surface area contributed by atoms with Crippen molar-refractivity contribution in [3.8, 4) is 5.75 Å². The molecule has 6 nitrogen and oxygen atoms in total. The fourth-order valence-electron chi connectivity index (χ4n) is 1.51. The van der Waals surface area contributed by atoms with Crippen LogP contribution in [0.5, 0.6) is 5.75 Å². The van der Waals surface area contributed by atoms with Crippen LogP contribution in [0.3, 0.4) is 0 Å². The lowest BCUT2D eigenvalue weighted by Gasteiger charge is -2.08. The highest BCUT2D eigenvalue weighted by atomic mass is 35.5. The third-order valence-electron chi connectivity index (χ3n) is 2.59. The summed E-state index contributed by atoms with van der Waals surface area (Å²) in [6.07, 6.45) is 0.744. The van der Waals surface area contributed by atoms with E-state index in [2.05, 4.69) is 10.0 Å². The van der Waals surface area contributed by atoms with Crippen LogP contribution in [0.25, 0.3) is 0 Å². The van der Waals surface area contributed by atoms with Gasteiger partial charge in [0.25, 0.3) is 0 Å². The molecule has 0 aliphatic rings. The van der Waals surface area contributed by atoms with E-state index in [1.54, 1.807) is 19.2 Å². The summed E-state index contributed by atoms with van der Waals surface area (Å²) in [5, 5.41) is 2.96. The summed E-state index contributed by atoms with van der Waals surface area (Å²) in [5.41, 5.74) is 0. The van der Waals surface area contributed by atoms with Gasteiger partial charge in [-0.25, -0.2) is 13.1 Å². The Balaban J connectivity index is 0.00000400. The van der Waals surface area contributed by atoms with E-state index in [0.29, 0.717) is 25.5 Å². The molecule has 0 spiro atoms. The maximum Gasteiger partial charge on any atom is 0.240 e. The number of sulfonamides is 1. The Bertz CT molecular complexity index is 479. The van der Waals surface area contributed by atoms with Gasteiger partial charge >= 0.3 is 0 Å². The minimum absolute atomic E-state index is 0. The van der Waals surface area contributed by atoms with Crippen molar-refractivity contribution in [2.75, 3.05) is 40.5 Å². The average Bonchev–Trinajstić information content (AvgIpc) is 2.45. The van der Waals surface area contributed by atoms with E-state index in [1.165, 1.54) is 12.1 Å². The van der Waals surface area contributed by atoms with Crippen LogP contribution in [-0.2, 0) is 14.8 Å². The van der Waals surface area contributed by atoms with Gasteiger partial charge in [-0.05, 0) is 44.3 Å². The summed E-state index contributed by atoms with van der Waals surface area (Å²) in [4.78, 5) is 0.237. The van der Waals surface area contributed by atoms with Gasteiger partial charge in [0.2, 0.25) is 10.0 Å². The Hall–Kier alpha value is -0.860. The van der Waals surface area contributed by atoms with E-state index >= 15 is 0 Å². The molecule has 0 amide bonds. The molecule has 0 heterocycles. The van der Waals surface area contributed by atoms with Gasteiger partial charge in [-0.15, -0.1) is 12.4 Å². The Kier molecular flexibility index (Phi) is 10.4. The van der Waals surface area contributed by atoms with Crippen LogP contribution in [-0.4, -0.2) is 48.9 Å². The van der Waals surface area contributed by atoms with Gasteiger partial charge in [-0.1, -0.05) is 0 Å². The topological polar surface area (TPSA) is 76.7 Å². The highest BCUT2D eigenvalue weighted by Crippen LogP contribution is 2.15. The smallest absolute Gasteiger partial charge is 0.240 e. The van der Waals surface area contributed by atoms with E-state index in [9.17, 15) is 8.42 Å². The van der Waals surface area contributed by atoms with Crippen molar-refractivity contribution < 1.29 is 17.9 Å². The van der Waals surface area contributed by atoms with Crippen LogP contribution in [0.15, 0.2) is 29.2 Å². The van der Waals surface area contributed by atoms with Gasteiger partial charge in [0.15, 0.2) is 0 Å². The minimum atomic E-state index is -3.44. The van der Waals surface area contributed by atoms with Gasteiger partial charge < -0.3 is 14.8 Å². The number of halogens is 1. The van der Waals surface area contributed by atoms with E-state index in [1.807, 2.05) is 7.05 Å². The standard InChI is InChI=1S/C13H22N2O4S.ClH/c1-14-8-3-9-15-20(16,17)13-6-4-12(5-7-13)19-11-10-18-2;/h4-7,14-15H,3,8-11H2,1-2H3;1H. The summed E-state index contributed by atoms with van der Waals surface area (Å²) in [6, 6.07) is 6.33. The molecule has 0 aliphatic heterocycles. The first-order valence-corrected chi connectivity index (χ1v) is 7.94. The maximum atomic E-state index is 12.0. The van der Waals surface area contributed by atoms with Gasteiger partial charge in [-0.3, -0.25) is 0 Å². The zero-order chi connectivity index (χ0) is 14.8. The molecular formula is C13H23ClN2O4S. The molecule has 0 saturated heterocycles. The molecule has 0 aliphatic carbocycles. The largest absolute Gasteiger partial charge is 0.491 e. The number of hydrogen-bond donors (Lipinski definition) is 2. The highest BCUT2D eigenvalue weighted by molar-refractivity contribution is 7.89. The normalized spacial score (nSPS) is 11.0. The number of ether oxygens (including phenoxy) is 2. The molecule has 0 aromatic heterocycles. The van der Waals surface area contributed by atoms with E-state index < -0.39 is 10.0 Å². The summed E-state index contributed by atoms with van der Waals surface area (Å²) >= 11 is 0. The van der Waals surface area contributed by atoms with Crippen LogP contribution in [0.1, 0.15) is 6.42 Å². The Morgan fingerprint density at radius 2 is 1.76 bits per heavy atom. The van der Waals surface area contributed by atoms with Crippen molar-refractivity contribution in [2.45, 2.75) is 11.3 Å². The molecule has 0 fully saturated rings. The Morgan fingerprint density at radius 1 is 1.10 bits per heavy atom. The van der Waals surface area contributed by atoms with Crippen molar-refractivity contribution in [1.29, 1.82) is 0 Å². The van der Waals surface area contributed by atoms with E-state index in [-0.39, 0.29) is 17.3 Å². The predicted molar refractivity (Wildman–Crippen MR) is 84.8 cm³/mol. The summed E-state index contributed by atoms with van der Waals surface area (Å²) in [6.45, 7) is 2.11. The zero-order valence-corrected chi connectivity index (χ0v) is 13.9. The van der Waals surface area contributed by atoms with Crippen molar-refractivity contribution in [3.63, 3.8) is 0 Å². The molecular weight excluding hydrogens is 316 g/mol. The zero-order valence-electron chi connectivity index (χ0n) is 12.3. The first-order chi connectivity index (χ1) is 9.60. The molecule has 1 aromatic rings. The van der Waals surface area contributed by atoms with Crippen LogP contribution >= 0.6 is 12.4 Å². The molecule has 0 unspecified atom stereocenters. The lowest BCUT2D eigenvalue weighted by Crippen LogP contribution is -2.26. The van der Waals surface area contributed by atoms with E-state index in [4.69, 9.17) is 9.47 Å². The maximum absolute atomic E-state index is 12.0. The number of nitrogens with one attached hydrogen (secondary N) is 2. The van der Waals surface area contributed by atoms with Gasteiger partial charge in [0.1, 0.15) is 12.4 Å². The molecule has 0 saturated carbocycles. The molecule has 1 aromatic carbocycles. The van der Waals surface area contributed by atoms with Crippen LogP contribution in [0, 0.1) is 0 Å². The lowest BCUT2D eigenvalue weighted by atomic mass is 10.3. The summed E-state index contributed by atoms with van der Waals surface area (Å²) in [5.74, 6) is 0.621. The van der Waals surface area contributed by atoms with Gasteiger partial charge in [-0.2, -0.15) is 0 Å². The molecule has 0 atom stereocenters.